The Labute approximate surface area is 117 Å². The minimum Gasteiger partial charge on any atom is -0.493 e. The van der Waals surface area contributed by atoms with E-state index < -0.39 is 5.82 Å². The second kappa shape index (κ2) is 5.85. The van der Waals surface area contributed by atoms with Gasteiger partial charge >= 0.3 is 0 Å². The van der Waals surface area contributed by atoms with Crippen LogP contribution in [-0.4, -0.2) is 51.4 Å². The summed E-state index contributed by atoms with van der Waals surface area (Å²) in [7, 11) is 1.48. The lowest BCUT2D eigenvalue weighted by Crippen LogP contribution is -2.43. The number of methoxy groups -OCH3 is 1. The summed E-state index contributed by atoms with van der Waals surface area (Å²) < 4.78 is 30.5. The normalized spacial score (nSPS) is 18.9. The Kier molecular flexibility index (Phi) is 3.93. The first-order chi connectivity index (χ1) is 9.79. The van der Waals surface area contributed by atoms with Gasteiger partial charge in [0.25, 0.3) is 0 Å². The first kappa shape index (κ1) is 13.5. The maximum Gasteiger partial charge on any atom is 0.169 e. The van der Waals surface area contributed by atoms with Crippen molar-refractivity contribution in [2.75, 3.05) is 46.5 Å². The van der Waals surface area contributed by atoms with E-state index in [1.54, 1.807) is 0 Å². The third-order valence-electron chi connectivity index (χ3n) is 3.63. The van der Waals surface area contributed by atoms with Crippen molar-refractivity contribution in [3.05, 3.63) is 17.4 Å². The van der Waals surface area contributed by atoms with Gasteiger partial charge in [-0.15, -0.1) is 0 Å². The molecule has 6 heteroatoms. The molecule has 2 aliphatic rings. The molecule has 2 heterocycles. The maximum absolute atomic E-state index is 14.1. The van der Waals surface area contributed by atoms with E-state index in [4.69, 9.17) is 14.2 Å². The average molecular weight is 282 g/mol. The molecule has 0 aliphatic carbocycles. The highest BCUT2D eigenvalue weighted by atomic mass is 19.1. The number of fused-ring (bicyclic) bond motifs is 1. The van der Waals surface area contributed by atoms with Crippen molar-refractivity contribution in [2.45, 2.75) is 6.54 Å². The van der Waals surface area contributed by atoms with Crippen LogP contribution in [0.1, 0.15) is 5.56 Å². The van der Waals surface area contributed by atoms with Gasteiger partial charge in [0, 0.05) is 38.8 Å². The Morgan fingerprint density at radius 1 is 1.30 bits per heavy atom. The average Bonchev–Trinajstić information content (AvgIpc) is 2.48. The van der Waals surface area contributed by atoms with Crippen LogP contribution in [0.25, 0.3) is 0 Å². The summed E-state index contributed by atoms with van der Waals surface area (Å²) in [5, 5.41) is 3.30. The molecule has 0 atom stereocenters. The molecule has 2 aliphatic heterocycles. The zero-order chi connectivity index (χ0) is 13.9. The molecule has 0 aromatic heterocycles. The number of benzene rings is 1. The third-order valence-corrected chi connectivity index (χ3v) is 3.63. The summed E-state index contributed by atoms with van der Waals surface area (Å²) in [6, 6.07) is 1.34. The van der Waals surface area contributed by atoms with Gasteiger partial charge in [0.05, 0.1) is 12.7 Å². The molecule has 1 fully saturated rings. The van der Waals surface area contributed by atoms with E-state index in [-0.39, 0.29) is 5.75 Å². The van der Waals surface area contributed by atoms with Gasteiger partial charge in [0.1, 0.15) is 13.2 Å². The van der Waals surface area contributed by atoms with Crippen LogP contribution >= 0.6 is 0 Å². The molecule has 3 rings (SSSR count). The van der Waals surface area contributed by atoms with E-state index in [2.05, 4.69) is 10.2 Å². The number of nitrogens with zero attached hydrogens (tertiary/aromatic N) is 1. The maximum atomic E-state index is 14.1. The lowest BCUT2D eigenvalue weighted by atomic mass is 10.1. The molecule has 0 unspecified atom stereocenters. The fourth-order valence-electron chi connectivity index (χ4n) is 2.66. The van der Waals surface area contributed by atoms with Gasteiger partial charge in [-0.2, -0.15) is 0 Å². The van der Waals surface area contributed by atoms with Crippen LogP contribution in [0.3, 0.4) is 0 Å². The van der Waals surface area contributed by atoms with Gasteiger partial charge in [0.15, 0.2) is 23.1 Å². The molecule has 1 aromatic rings. The predicted molar refractivity (Wildman–Crippen MR) is 72.1 cm³/mol. The van der Waals surface area contributed by atoms with Gasteiger partial charge in [0.2, 0.25) is 0 Å². The number of piperazine rings is 1. The second-order valence-corrected chi connectivity index (χ2v) is 4.92. The largest absolute Gasteiger partial charge is 0.493 e. The van der Waals surface area contributed by atoms with Crippen LogP contribution in [0.5, 0.6) is 17.2 Å². The van der Waals surface area contributed by atoms with E-state index in [0.717, 1.165) is 31.7 Å². The summed E-state index contributed by atoms with van der Waals surface area (Å²) >= 11 is 0. The zero-order valence-electron chi connectivity index (χ0n) is 11.6. The molecule has 20 heavy (non-hydrogen) atoms. The minimum absolute atomic E-state index is 0.257. The minimum atomic E-state index is -0.401. The molecule has 5 nitrogen and oxygen atoms in total. The molecule has 0 amide bonds. The number of ether oxygens (including phenoxy) is 3. The number of nitrogens with one attached hydrogen (secondary N) is 1. The Morgan fingerprint density at radius 2 is 2.05 bits per heavy atom. The first-order valence-electron chi connectivity index (χ1n) is 6.87. The molecular weight excluding hydrogens is 263 g/mol. The van der Waals surface area contributed by atoms with Crippen molar-refractivity contribution in [3.8, 4) is 17.2 Å². The summed E-state index contributed by atoms with van der Waals surface area (Å²) in [6.07, 6.45) is 0. The first-order valence-corrected chi connectivity index (χ1v) is 6.87. The molecule has 0 radical (unpaired) electrons. The number of hydrogen-bond donors (Lipinski definition) is 1. The SMILES string of the molecule is COc1c(F)cc2c(c1CN1CCNCC1)OCCO2. The lowest BCUT2D eigenvalue weighted by Gasteiger charge is -2.30. The predicted octanol–water partition coefficient (Wildman–Crippen LogP) is 1.01. The van der Waals surface area contributed by atoms with Gasteiger partial charge < -0.3 is 19.5 Å². The van der Waals surface area contributed by atoms with Crippen molar-refractivity contribution in [1.29, 1.82) is 0 Å². The molecular formula is C14H19FN2O3. The summed E-state index contributed by atoms with van der Waals surface area (Å²) in [4.78, 5) is 2.26. The Bertz CT molecular complexity index is 490. The van der Waals surface area contributed by atoms with Crippen molar-refractivity contribution in [2.24, 2.45) is 0 Å². The van der Waals surface area contributed by atoms with Gasteiger partial charge in [-0.25, -0.2) is 4.39 Å². The molecule has 1 saturated heterocycles. The van der Waals surface area contributed by atoms with Gasteiger partial charge in [-0.3, -0.25) is 4.90 Å². The molecule has 110 valence electrons. The molecule has 0 bridgehead atoms. The fourth-order valence-corrected chi connectivity index (χ4v) is 2.66. The number of hydrogen-bond acceptors (Lipinski definition) is 5. The lowest BCUT2D eigenvalue weighted by molar-refractivity contribution is 0.161. The zero-order valence-corrected chi connectivity index (χ0v) is 11.6. The Morgan fingerprint density at radius 3 is 2.80 bits per heavy atom. The highest BCUT2D eigenvalue weighted by Crippen LogP contribution is 2.42. The third kappa shape index (κ3) is 2.53. The summed E-state index contributed by atoms with van der Waals surface area (Å²) in [6.45, 7) is 5.27. The fraction of sp³-hybridized carbons (Fsp3) is 0.571. The van der Waals surface area contributed by atoms with Crippen LogP contribution in [0.4, 0.5) is 4.39 Å². The number of halogens is 1. The van der Waals surface area contributed by atoms with E-state index >= 15 is 0 Å². The van der Waals surface area contributed by atoms with Crippen molar-refractivity contribution < 1.29 is 18.6 Å². The van der Waals surface area contributed by atoms with Crippen LogP contribution in [0, 0.1) is 5.82 Å². The molecule has 0 saturated carbocycles. The van der Waals surface area contributed by atoms with E-state index in [0.29, 0.717) is 31.3 Å². The highest BCUT2D eigenvalue weighted by Gasteiger charge is 2.25. The van der Waals surface area contributed by atoms with Crippen molar-refractivity contribution in [1.82, 2.24) is 10.2 Å². The van der Waals surface area contributed by atoms with Crippen LogP contribution < -0.4 is 19.5 Å². The van der Waals surface area contributed by atoms with E-state index in [1.165, 1.54) is 13.2 Å². The van der Waals surface area contributed by atoms with Crippen LogP contribution in [-0.2, 0) is 6.54 Å². The topological polar surface area (TPSA) is 43.0 Å². The molecule has 1 aromatic carbocycles. The van der Waals surface area contributed by atoms with Gasteiger partial charge in [-0.1, -0.05) is 0 Å². The smallest absolute Gasteiger partial charge is 0.169 e. The Hall–Kier alpha value is -1.53. The second-order valence-electron chi connectivity index (χ2n) is 4.92. The molecule has 1 N–H and O–H groups in total. The highest BCUT2D eigenvalue weighted by molar-refractivity contribution is 5.55. The van der Waals surface area contributed by atoms with E-state index in [1.807, 2.05) is 0 Å². The van der Waals surface area contributed by atoms with E-state index in [9.17, 15) is 4.39 Å². The van der Waals surface area contributed by atoms with Crippen molar-refractivity contribution >= 4 is 0 Å². The van der Waals surface area contributed by atoms with Crippen molar-refractivity contribution in [3.63, 3.8) is 0 Å². The quantitative estimate of drug-likeness (QED) is 0.896. The summed E-state index contributed by atoms with van der Waals surface area (Å²) in [5.74, 6) is 0.947. The standard InChI is InChI=1S/C14H19FN2O3/c1-18-13-10(9-17-4-2-16-3-5-17)14-12(8-11(13)15)19-6-7-20-14/h8,16H,2-7,9H2,1H3. The Balaban J connectivity index is 1.95. The number of rotatable bonds is 3. The molecule has 0 spiro atoms. The van der Waals surface area contributed by atoms with Crippen LogP contribution in [0.15, 0.2) is 6.07 Å². The van der Waals surface area contributed by atoms with Gasteiger partial charge in [-0.05, 0) is 0 Å². The van der Waals surface area contributed by atoms with Crippen LogP contribution in [0.2, 0.25) is 0 Å². The summed E-state index contributed by atoms with van der Waals surface area (Å²) in [5.41, 5.74) is 0.740. The monoisotopic (exact) mass is 282 g/mol.